The summed E-state index contributed by atoms with van der Waals surface area (Å²) in [7, 11) is 7.60. The van der Waals surface area contributed by atoms with Gasteiger partial charge in [0.25, 0.3) is 0 Å². The molecule has 2 heterocycles. The zero-order chi connectivity index (χ0) is 18.8. The van der Waals surface area contributed by atoms with Crippen LogP contribution < -0.4 is 0 Å². The lowest BCUT2D eigenvalue weighted by Crippen LogP contribution is -2.43. The summed E-state index contributed by atoms with van der Waals surface area (Å²) in [5, 5.41) is 14.8. The molecule has 0 aliphatic carbocycles. The molecule has 7 heteroatoms. The van der Waals surface area contributed by atoms with Crippen molar-refractivity contribution in [1.29, 1.82) is 0 Å². The Kier molecular flexibility index (Phi) is 6.24. The lowest BCUT2D eigenvalue weighted by molar-refractivity contribution is -0.130. The van der Waals surface area contributed by atoms with Gasteiger partial charge in [0, 0.05) is 40.3 Å². The number of rotatable bonds is 7. The smallest absolute Gasteiger partial charge is 0.225 e. The molecular weight excluding hydrogens is 318 g/mol. The summed E-state index contributed by atoms with van der Waals surface area (Å²) in [5.41, 5.74) is 1.92. The Balaban J connectivity index is 2.00. The summed E-state index contributed by atoms with van der Waals surface area (Å²) in [6, 6.07) is 1.94. The topological polar surface area (TPSA) is 64.8 Å². The highest BCUT2D eigenvalue weighted by atomic mass is 16.3. The zero-order valence-corrected chi connectivity index (χ0v) is 16.5. The minimum atomic E-state index is -0.841. The summed E-state index contributed by atoms with van der Waals surface area (Å²) >= 11 is 0. The van der Waals surface area contributed by atoms with E-state index in [1.165, 1.54) is 4.90 Å². The zero-order valence-electron chi connectivity index (χ0n) is 16.5. The molecule has 25 heavy (non-hydrogen) atoms. The maximum atomic E-state index is 11.8. The van der Waals surface area contributed by atoms with Crippen molar-refractivity contribution in [3.63, 3.8) is 0 Å². The van der Waals surface area contributed by atoms with Crippen molar-refractivity contribution in [1.82, 2.24) is 24.5 Å². The van der Waals surface area contributed by atoms with E-state index in [4.69, 9.17) is 0 Å². The van der Waals surface area contributed by atoms with E-state index in [9.17, 15) is 9.90 Å². The standard InChI is InChI=1S/C18H33N5O2/c1-18(2,12-20(3)4)13-22-7-8-23-14(11-22)9-15(19-23)16(24)10-17(25)21(5)6/h9,16,24H,7-8,10-13H2,1-6H3/t16-/m0/s1. The number of hydrogen-bond acceptors (Lipinski definition) is 5. The van der Waals surface area contributed by atoms with Crippen LogP contribution in [0, 0.1) is 5.41 Å². The van der Waals surface area contributed by atoms with E-state index < -0.39 is 6.10 Å². The average Bonchev–Trinajstić information content (AvgIpc) is 2.88. The molecule has 7 nitrogen and oxygen atoms in total. The molecule has 142 valence electrons. The molecule has 0 fully saturated rings. The van der Waals surface area contributed by atoms with E-state index in [0.29, 0.717) is 5.69 Å². The van der Waals surface area contributed by atoms with E-state index in [0.717, 1.165) is 38.4 Å². The van der Waals surface area contributed by atoms with Crippen molar-refractivity contribution < 1.29 is 9.90 Å². The molecule has 0 saturated carbocycles. The fraction of sp³-hybridized carbons (Fsp3) is 0.778. The Labute approximate surface area is 151 Å². The molecule has 1 aromatic heterocycles. The number of hydrogen-bond donors (Lipinski definition) is 1. The van der Waals surface area contributed by atoms with Crippen LogP contribution in [0.2, 0.25) is 0 Å². The van der Waals surface area contributed by atoms with Gasteiger partial charge in [-0.15, -0.1) is 0 Å². The molecule has 0 radical (unpaired) electrons. The Morgan fingerprint density at radius 2 is 2.00 bits per heavy atom. The Morgan fingerprint density at radius 1 is 1.32 bits per heavy atom. The molecule has 1 amide bonds. The Bertz CT molecular complexity index is 594. The van der Waals surface area contributed by atoms with Crippen molar-refractivity contribution in [2.75, 3.05) is 47.8 Å². The highest BCUT2D eigenvalue weighted by Crippen LogP contribution is 2.24. The molecule has 1 N–H and O–H groups in total. The molecule has 0 bridgehead atoms. The van der Waals surface area contributed by atoms with E-state index in [1.54, 1.807) is 14.1 Å². The predicted molar refractivity (Wildman–Crippen MR) is 98.1 cm³/mol. The van der Waals surface area contributed by atoms with Crippen LogP contribution in [0.1, 0.15) is 37.8 Å². The fourth-order valence-electron chi connectivity index (χ4n) is 3.60. The first-order valence-corrected chi connectivity index (χ1v) is 8.89. The third kappa shape index (κ3) is 5.52. The van der Waals surface area contributed by atoms with Crippen molar-refractivity contribution in [2.24, 2.45) is 5.41 Å². The SMILES string of the molecule is CN(C)CC(C)(C)CN1CCn2nc([C@@H](O)CC(=O)N(C)C)cc2C1. The first-order valence-electron chi connectivity index (χ1n) is 8.89. The van der Waals surface area contributed by atoms with Gasteiger partial charge in [-0.05, 0) is 25.6 Å². The van der Waals surface area contributed by atoms with Gasteiger partial charge in [0.2, 0.25) is 5.91 Å². The highest BCUT2D eigenvalue weighted by Gasteiger charge is 2.27. The normalized spacial score (nSPS) is 16.8. The first-order chi connectivity index (χ1) is 11.6. The largest absolute Gasteiger partial charge is 0.386 e. The molecule has 1 atom stereocenters. The third-order valence-corrected chi connectivity index (χ3v) is 4.50. The van der Waals surface area contributed by atoms with Crippen molar-refractivity contribution >= 4 is 5.91 Å². The van der Waals surface area contributed by atoms with Crippen molar-refractivity contribution in [3.8, 4) is 0 Å². The minimum absolute atomic E-state index is 0.0725. The average molecular weight is 351 g/mol. The molecule has 0 aromatic carbocycles. The molecule has 2 rings (SSSR count). The number of aliphatic hydroxyl groups excluding tert-OH is 1. The fourth-order valence-corrected chi connectivity index (χ4v) is 3.60. The quantitative estimate of drug-likeness (QED) is 0.787. The second-order valence-corrected chi connectivity index (χ2v) is 8.40. The van der Waals surface area contributed by atoms with Gasteiger partial charge in [0.05, 0.1) is 24.4 Å². The Morgan fingerprint density at radius 3 is 2.60 bits per heavy atom. The first kappa shape index (κ1) is 19.9. The maximum absolute atomic E-state index is 11.8. The number of amides is 1. The number of carbonyl (C=O) groups is 1. The van der Waals surface area contributed by atoms with Gasteiger partial charge >= 0.3 is 0 Å². The summed E-state index contributed by atoms with van der Waals surface area (Å²) in [4.78, 5) is 18.0. The van der Waals surface area contributed by atoms with Gasteiger partial charge in [0.1, 0.15) is 6.10 Å². The van der Waals surface area contributed by atoms with Crippen molar-refractivity contribution in [3.05, 3.63) is 17.5 Å². The number of aromatic nitrogens is 2. The molecule has 1 aliphatic rings. The minimum Gasteiger partial charge on any atom is -0.386 e. The van der Waals surface area contributed by atoms with Gasteiger partial charge in [-0.25, -0.2) is 0 Å². The molecule has 0 spiro atoms. The lowest BCUT2D eigenvalue weighted by Gasteiger charge is -2.36. The number of carbonyl (C=O) groups excluding carboxylic acids is 1. The van der Waals surface area contributed by atoms with Crippen molar-refractivity contribution in [2.45, 2.75) is 39.5 Å². The molecule has 1 aromatic rings. The molecule has 1 aliphatic heterocycles. The van der Waals surface area contributed by atoms with Gasteiger partial charge in [-0.3, -0.25) is 14.4 Å². The van der Waals surface area contributed by atoms with Gasteiger partial charge in [0.15, 0.2) is 0 Å². The van der Waals surface area contributed by atoms with Gasteiger partial charge in [-0.1, -0.05) is 13.8 Å². The van der Waals surface area contributed by atoms with E-state index in [-0.39, 0.29) is 17.7 Å². The molecule has 0 unspecified atom stereocenters. The lowest BCUT2D eigenvalue weighted by atomic mass is 9.92. The Hall–Kier alpha value is -1.44. The van der Waals surface area contributed by atoms with Crippen LogP contribution in [-0.4, -0.2) is 83.3 Å². The van der Waals surface area contributed by atoms with E-state index in [1.807, 2.05) is 10.7 Å². The second kappa shape index (κ2) is 7.85. The molecular formula is C18H33N5O2. The maximum Gasteiger partial charge on any atom is 0.225 e. The summed E-state index contributed by atoms with van der Waals surface area (Å²) in [6.45, 7) is 9.26. The number of nitrogens with zero attached hydrogens (tertiary/aromatic N) is 5. The summed E-state index contributed by atoms with van der Waals surface area (Å²) in [5.74, 6) is -0.0921. The van der Waals surface area contributed by atoms with Crippen LogP contribution >= 0.6 is 0 Å². The van der Waals surface area contributed by atoms with E-state index >= 15 is 0 Å². The van der Waals surface area contributed by atoms with Crippen LogP contribution in [0.25, 0.3) is 0 Å². The number of aliphatic hydroxyl groups is 1. The third-order valence-electron chi connectivity index (χ3n) is 4.50. The number of fused-ring (bicyclic) bond motifs is 1. The monoisotopic (exact) mass is 351 g/mol. The van der Waals surface area contributed by atoms with E-state index in [2.05, 4.69) is 42.8 Å². The molecule has 0 saturated heterocycles. The van der Waals surface area contributed by atoms with Crippen LogP contribution in [0.4, 0.5) is 0 Å². The predicted octanol–water partition coefficient (Wildman–Crippen LogP) is 0.798. The van der Waals surface area contributed by atoms with Crippen LogP contribution in [0.15, 0.2) is 6.07 Å². The highest BCUT2D eigenvalue weighted by molar-refractivity contribution is 5.76. The van der Waals surface area contributed by atoms with Crippen LogP contribution in [0.5, 0.6) is 0 Å². The van der Waals surface area contributed by atoms with Gasteiger partial charge < -0.3 is 14.9 Å². The summed E-state index contributed by atoms with van der Waals surface area (Å²) < 4.78 is 1.97. The van der Waals surface area contributed by atoms with Crippen LogP contribution in [-0.2, 0) is 17.9 Å². The van der Waals surface area contributed by atoms with Crippen LogP contribution in [0.3, 0.4) is 0 Å². The summed E-state index contributed by atoms with van der Waals surface area (Å²) in [6.07, 6.45) is -0.769. The van der Waals surface area contributed by atoms with Gasteiger partial charge in [-0.2, -0.15) is 5.10 Å². The second-order valence-electron chi connectivity index (χ2n) is 8.40.